The maximum Gasteiger partial charge on any atom is 0.0300 e. The Morgan fingerprint density at radius 2 is 2.25 bits per heavy atom. The van der Waals surface area contributed by atoms with Gasteiger partial charge in [0.2, 0.25) is 0 Å². The molecule has 0 amide bonds. The first-order chi connectivity index (χ1) is 7.86. The molecule has 88 valence electrons. The maximum atomic E-state index is 4.13. The van der Waals surface area contributed by atoms with Crippen LogP contribution in [0.2, 0.25) is 0 Å². The number of rotatable bonds is 5. The number of aromatic nitrogens is 1. The van der Waals surface area contributed by atoms with E-state index < -0.39 is 0 Å². The molecule has 0 radical (unpaired) electrons. The van der Waals surface area contributed by atoms with E-state index in [1.807, 2.05) is 18.5 Å². The fourth-order valence-corrected chi connectivity index (χ4v) is 2.61. The predicted molar refractivity (Wildman–Crippen MR) is 67.4 cm³/mol. The van der Waals surface area contributed by atoms with E-state index in [4.69, 9.17) is 0 Å². The van der Waals surface area contributed by atoms with Gasteiger partial charge in [-0.15, -0.1) is 0 Å². The zero-order valence-electron chi connectivity index (χ0n) is 10.2. The first kappa shape index (κ1) is 11.6. The van der Waals surface area contributed by atoms with E-state index in [1.165, 1.54) is 31.2 Å². The summed E-state index contributed by atoms with van der Waals surface area (Å²) in [5.41, 5.74) is 1.33. The lowest BCUT2D eigenvalue weighted by molar-refractivity contribution is 0.384. The molecular formula is C14H22N2. The number of hydrogen-bond donors (Lipinski definition) is 1. The van der Waals surface area contributed by atoms with E-state index in [2.05, 4.69) is 23.3 Å². The molecule has 0 saturated heterocycles. The lowest BCUT2D eigenvalue weighted by Gasteiger charge is -2.20. The highest BCUT2D eigenvalue weighted by atomic mass is 14.9. The van der Waals surface area contributed by atoms with Gasteiger partial charge in [-0.25, -0.2) is 0 Å². The van der Waals surface area contributed by atoms with E-state index in [0.717, 1.165) is 18.9 Å². The van der Waals surface area contributed by atoms with Gasteiger partial charge in [0.15, 0.2) is 0 Å². The Hall–Kier alpha value is -0.890. The normalized spacial score (nSPS) is 18.8. The minimum absolute atomic E-state index is 0.680. The molecule has 1 N–H and O–H groups in total. The third-order valence-electron chi connectivity index (χ3n) is 3.71. The average molecular weight is 218 g/mol. The van der Waals surface area contributed by atoms with Crippen LogP contribution in [-0.4, -0.2) is 17.6 Å². The largest absolute Gasteiger partial charge is 0.314 e. The van der Waals surface area contributed by atoms with Crippen molar-refractivity contribution in [3.63, 3.8) is 0 Å². The molecule has 0 aromatic carbocycles. The Bertz CT molecular complexity index is 291. The Balaban J connectivity index is 1.67. The monoisotopic (exact) mass is 218 g/mol. The van der Waals surface area contributed by atoms with Crippen LogP contribution >= 0.6 is 0 Å². The molecular weight excluding hydrogens is 196 g/mol. The average Bonchev–Trinajstić information content (AvgIpc) is 2.84. The summed E-state index contributed by atoms with van der Waals surface area (Å²) in [6, 6.07) is 4.84. The highest BCUT2D eigenvalue weighted by molar-refractivity contribution is 5.08. The molecule has 2 heteroatoms. The van der Waals surface area contributed by atoms with E-state index in [0.29, 0.717) is 6.04 Å². The van der Waals surface area contributed by atoms with Crippen LogP contribution < -0.4 is 5.32 Å². The number of nitrogens with one attached hydrogen (secondary N) is 1. The van der Waals surface area contributed by atoms with Crippen LogP contribution in [0.15, 0.2) is 24.5 Å². The van der Waals surface area contributed by atoms with E-state index in [-0.39, 0.29) is 0 Å². The van der Waals surface area contributed by atoms with Crippen molar-refractivity contribution < 1.29 is 0 Å². The van der Waals surface area contributed by atoms with E-state index in [9.17, 15) is 0 Å². The van der Waals surface area contributed by atoms with Gasteiger partial charge in [0, 0.05) is 18.4 Å². The van der Waals surface area contributed by atoms with E-state index in [1.54, 1.807) is 0 Å². The topological polar surface area (TPSA) is 24.9 Å². The lowest BCUT2D eigenvalue weighted by Crippen LogP contribution is -2.33. The summed E-state index contributed by atoms with van der Waals surface area (Å²) in [7, 11) is 0. The van der Waals surface area contributed by atoms with Crippen LogP contribution in [0.1, 0.15) is 38.2 Å². The third kappa shape index (κ3) is 3.31. The summed E-state index contributed by atoms with van der Waals surface area (Å²) in [6.07, 6.45) is 10.6. The lowest BCUT2D eigenvalue weighted by atomic mass is 10.00. The molecule has 2 rings (SSSR count). The molecule has 1 heterocycles. The molecule has 0 aliphatic heterocycles. The second kappa shape index (κ2) is 6.00. The predicted octanol–water partition coefficient (Wildman–Crippen LogP) is 2.79. The molecule has 1 atom stereocenters. The summed E-state index contributed by atoms with van der Waals surface area (Å²) >= 11 is 0. The molecule has 1 fully saturated rings. The van der Waals surface area contributed by atoms with Crippen LogP contribution in [-0.2, 0) is 6.42 Å². The zero-order valence-corrected chi connectivity index (χ0v) is 10.2. The van der Waals surface area contributed by atoms with Gasteiger partial charge in [0.1, 0.15) is 0 Å². The summed E-state index contributed by atoms with van der Waals surface area (Å²) in [6.45, 7) is 3.41. The molecule has 0 spiro atoms. The smallest absolute Gasteiger partial charge is 0.0300 e. The minimum Gasteiger partial charge on any atom is -0.314 e. The van der Waals surface area contributed by atoms with Crippen molar-refractivity contribution in [3.8, 4) is 0 Å². The third-order valence-corrected chi connectivity index (χ3v) is 3.71. The van der Waals surface area contributed by atoms with Gasteiger partial charge in [0.25, 0.3) is 0 Å². The van der Waals surface area contributed by atoms with Gasteiger partial charge in [-0.3, -0.25) is 4.98 Å². The Labute approximate surface area is 98.5 Å². The van der Waals surface area contributed by atoms with Gasteiger partial charge in [-0.2, -0.15) is 0 Å². The Morgan fingerprint density at radius 1 is 1.44 bits per heavy atom. The summed E-state index contributed by atoms with van der Waals surface area (Å²) in [4.78, 5) is 4.13. The Morgan fingerprint density at radius 3 is 2.94 bits per heavy atom. The van der Waals surface area contributed by atoms with Crippen molar-refractivity contribution >= 4 is 0 Å². The van der Waals surface area contributed by atoms with Gasteiger partial charge < -0.3 is 5.32 Å². The second-order valence-electron chi connectivity index (χ2n) is 4.90. The second-order valence-corrected chi connectivity index (χ2v) is 4.90. The van der Waals surface area contributed by atoms with Gasteiger partial charge in [-0.1, -0.05) is 18.9 Å². The molecule has 1 aromatic heterocycles. The van der Waals surface area contributed by atoms with Crippen LogP contribution in [0.5, 0.6) is 0 Å². The highest BCUT2D eigenvalue weighted by Crippen LogP contribution is 2.27. The van der Waals surface area contributed by atoms with Crippen LogP contribution in [0, 0.1) is 5.92 Å². The summed E-state index contributed by atoms with van der Waals surface area (Å²) in [5.74, 6) is 0.911. The number of hydrogen-bond acceptors (Lipinski definition) is 2. The summed E-state index contributed by atoms with van der Waals surface area (Å²) < 4.78 is 0. The Kier molecular flexibility index (Phi) is 4.34. The van der Waals surface area contributed by atoms with Gasteiger partial charge >= 0.3 is 0 Å². The van der Waals surface area contributed by atoms with Crippen molar-refractivity contribution in [3.05, 3.63) is 30.1 Å². The number of pyridine rings is 1. The first-order valence-corrected chi connectivity index (χ1v) is 6.48. The maximum absolute atomic E-state index is 4.13. The molecule has 1 aliphatic rings. The standard InChI is InChI=1S/C14H22N2/c1-12(14-6-2-3-7-14)16-10-8-13-5-4-9-15-11-13/h4-5,9,11-12,14,16H,2-3,6-8,10H2,1H3. The van der Waals surface area contributed by atoms with Gasteiger partial charge in [0.05, 0.1) is 0 Å². The van der Waals surface area contributed by atoms with Crippen molar-refractivity contribution in [2.45, 2.75) is 45.1 Å². The molecule has 2 nitrogen and oxygen atoms in total. The van der Waals surface area contributed by atoms with Crippen molar-refractivity contribution in [1.29, 1.82) is 0 Å². The molecule has 0 bridgehead atoms. The minimum atomic E-state index is 0.680. The van der Waals surface area contributed by atoms with Crippen LogP contribution in [0.4, 0.5) is 0 Å². The fourth-order valence-electron chi connectivity index (χ4n) is 2.61. The highest BCUT2D eigenvalue weighted by Gasteiger charge is 2.20. The van der Waals surface area contributed by atoms with Crippen LogP contribution in [0.25, 0.3) is 0 Å². The molecule has 1 aromatic rings. The fraction of sp³-hybridized carbons (Fsp3) is 0.643. The first-order valence-electron chi connectivity index (χ1n) is 6.48. The van der Waals surface area contributed by atoms with Crippen molar-refractivity contribution in [1.82, 2.24) is 10.3 Å². The zero-order chi connectivity index (χ0) is 11.2. The molecule has 1 saturated carbocycles. The quantitative estimate of drug-likeness (QED) is 0.822. The van der Waals surface area contributed by atoms with E-state index >= 15 is 0 Å². The summed E-state index contributed by atoms with van der Waals surface area (Å²) in [5, 5.41) is 3.65. The van der Waals surface area contributed by atoms with Crippen molar-refractivity contribution in [2.75, 3.05) is 6.54 Å². The SMILES string of the molecule is CC(NCCc1cccnc1)C1CCCC1. The number of nitrogens with zero attached hydrogens (tertiary/aromatic N) is 1. The van der Waals surface area contributed by atoms with Crippen molar-refractivity contribution in [2.24, 2.45) is 5.92 Å². The molecule has 1 aliphatic carbocycles. The van der Waals surface area contributed by atoms with Gasteiger partial charge in [-0.05, 0) is 50.3 Å². The molecule has 16 heavy (non-hydrogen) atoms. The molecule has 1 unspecified atom stereocenters. The van der Waals surface area contributed by atoms with Crippen LogP contribution in [0.3, 0.4) is 0 Å².